The minimum absolute atomic E-state index is 0.468. The van der Waals surface area contributed by atoms with Crippen molar-refractivity contribution in [2.24, 2.45) is 0 Å². The zero-order valence-corrected chi connectivity index (χ0v) is 14.0. The van der Waals surface area contributed by atoms with Gasteiger partial charge in [0.25, 0.3) is 0 Å². The second-order valence-electron chi connectivity index (χ2n) is 4.73. The average Bonchev–Trinajstić information content (AvgIpc) is 2.55. The first-order chi connectivity index (χ1) is 10.8. The number of aromatic nitrogens is 1. The molecule has 2 aromatic carbocycles. The van der Waals surface area contributed by atoms with Crippen LogP contribution in [0.1, 0.15) is 5.56 Å². The number of rotatable bonds is 4. The fourth-order valence-electron chi connectivity index (χ4n) is 2.18. The van der Waals surface area contributed by atoms with Crippen molar-refractivity contribution in [3.63, 3.8) is 0 Å². The van der Waals surface area contributed by atoms with Crippen LogP contribution in [0.2, 0.25) is 5.02 Å². The molecule has 0 aliphatic heterocycles. The number of pyridine rings is 1. The van der Waals surface area contributed by atoms with Crippen LogP contribution in [-0.2, 0) is 6.61 Å². The molecule has 0 radical (unpaired) electrons. The van der Waals surface area contributed by atoms with E-state index in [0.29, 0.717) is 17.4 Å². The maximum Gasteiger partial charge on any atom is 0.146 e. The van der Waals surface area contributed by atoms with Crippen molar-refractivity contribution < 1.29 is 4.74 Å². The summed E-state index contributed by atoms with van der Waals surface area (Å²) in [7, 11) is 0. The molecule has 110 valence electrons. The van der Waals surface area contributed by atoms with Gasteiger partial charge in [-0.1, -0.05) is 54.1 Å². The molecule has 0 spiro atoms. The number of hydrogen-bond acceptors (Lipinski definition) is 2. The van der Waals surface area contributed by atoms with E-state index in [1.807, 2.05) is 60.7 Å². The fraction of sp³-hybridized carbons (Fsp3) is 0.0556. The smallest absolute Gasteiger partial charge is 0.146 e. The van der Waals surface area contributed by atoms with E-state index in [4.69, 9.17) is 16.3 Å². The molecule has 4 heteroatoms. The standard InChI is InChI=1S/C18H13BrClNO/c19-18-15(9-5-11-21-18)14-8-4-10-16(20)17(14)22-12-13-6-2-1-3-7-13/h1-11H,12H2. The van der Waals surface area contributed by atoms with Crippen molar-refractivity contribution >= 4 is 27.5 Å². The fourth-order valence-corrected chi connectivity index (χ4v) is 2.88. The Hall–Kier alpha value is -1.84. The number of halogens is 2. The number of nitrogens with zero attached hydrogens (tertiary/aromatic N) is 1. The highest BCUT2D eigenvalue weighted by molar-refractivity contribution is 9.10. The molecule has 0 fully saturated rings. The second-order valence-corrected chi connectivity index (χ2v) is 5.89. The third-order valence-electron chi connectivity index (χ3n) is 3.24. The first kappa shape index (κ1) is 15.1. The largest absolute Gasteiger partial charge is 0.487 e. The third kappa shape index (κ3) is 3.32. The Morgan fingerprint density at radius 2 is 1.68 bits per heavy atom. The summed E-state index contributed by atoms with van der Waals surface area (Å²) in [6.45, 7) is 0.468. The third-order valence-corrected chi connectivity index (χ3v) is 4.17. The lowest BCUT2D eigenvalue weighted by Crippen LogP contribution is -1.98. The molecule has 0 bridgehead atoms. The van der Waals surface area contributed by atoms with Gasteiger partial charge in [0.1, 0.15) is 17.0 Å². The van der Waals surface area contributed by atoms with E-state index < -0.39 is 0 Å². The minimum Gasteiger partial charge on any atom is -0.487 e. The highest BCUT2D eigenvalue weighted by atomic mass is 79.9. The monoisotopic (exact) mass is 373 g/mol. The van der Waals surface area contributed by atoms with E-state index in [0.717, 1.165) is 21.3 Å². The van der Waals surface area contributed by atoms with E-state index in [-0.39, 0.29) is 0 Å². The van der Waals surface area contributed by atoms with Gasteiger partial charge in [-0.3, -0.25) is 0 Å². The van der Waals surface area contributed by atoms with Crippen LogP contribution in [0.4, 0.5) is 0 Å². The first-order valence-electron chi connectivity index (χ1n) is 6.82. The maximum absolute atomic E-state index is 6.34. The average molecular weight is 375 g/mol. The number of benzene rings is 2. The predicted molar refractivity (Wildman–Crippen MR) is 93.2 cm³/mol. The highest BCUT2D eigenvalue weighted by Crippen LogP contribution is 2.38. The van der Waals surface area contributed by atoms with Gasteiger partial charge in [0.05, 0.1) is 5.02 Å². The van der Waals surface area contributed by atoms with E-state index in [1.54, 1.807) is 6.20 Å². The van der Waals surface area contributed by atoms with Gasteiger partial charge in [0.15, 0.2) is 0 Å². The summed E-state index contributed by atoms with van der Waals surface area (Å²) in [5.74, 6) is 0.668. The quantitative estimate of drug-likeness (QED) is 0.543. The molecule has 22 heavy (non-hydrogen) atoms. The van der Waals surface area contributed by atoms with Crippen molar-refractivity contribution in [3.05, 3.63) is 82.0 Å². The summed E-state index contributed by atoms with van der Waals surface area (Å²) < 4.78 is 6.75. The van der Waals surface area contributed by atoms with Gasteiger partial charge in [-0.15, -0.1) is 0 Å². The van der Waals surface area contributed by atoms with Crippen molar-refractivity contribution in [2.45, 2.75) is 6.61 Å². The van der Waals surface area contributed by atoms with Gasteiger partial charge in [0.2, 0.25) is 0 Å². The van der Waals surface area contributed by atoms with Crippen LogP contribution in [0.25, 0.3) is 11.1 Å². The molecule has 1 aromatic heterocycles. The predicted octanol–water partition coefficient (Wildman–Crippen LogP) is 5.74. The Labute approximate surface area is 142 Å². The topological polar surface area (TPSA) is 22.1 Å². The van der Waals surface area contributed by atoms with Crippen LogP contribution < -0.4 is 4.74 Å². The summed E-state index contributed by atoms with van der Waals surface area (Å²) in [6.07, 6.45) is 1.74. The molecule has 0 N–H and O–H groups in total. The molecule has 0 saturated heterocycles. The summed E-state index contributed by atoms with van der Waals surface area (Å²) in [6, 6.07) is 19.6. The van der Waals surface area contributed by atoms with Gasteiger partial charge in [0, 0.05) is 17.3 Å². The van der Waals surface area contributed by atoms with Crippen molar-refractivity contribution in [2.75, 3.05) is 0 Å². The van der Waals surface area contributed by atoms with Gasteiger partial charge in [-0.05, 0) is 39.7 Å². The molecule has 1 heterocycles. The van der Waals surface area contributed by atoms with Gasteiger partial charge < -0.3 is 4.74 Å². The van der Waals surface area contributed by atoms with Gasteiger partial charge >= 0.3 is 0 Å². The summed E-state index contributed by atoms with van der Waals surface area (Å²) in [5, 5.41) is 0.587. The number of ether oxygens (including phenoxy) is 1. The Morgan fingerprint density at radius 1 is 0.909 bits per heavy atom. The van der Waals surface area contributed by atoms with Gasteiger partial charge in [-0.2, -0.15) is 0 Å². The minimum atomic E-state index is 0.468. The molecule has 0 saturated carbocycles. The van der Waals surface area contributed by atoms with Crippen LogP contribution in [0, 0.1) is 0 Å². The van der Waals surface area contributed by atoms with E-state index in [1.165, 1.54) is 0 Å². The number of hydrogen-bond donors (Lipinski definition) is 0. The molecular weight excluding hydrogens is 362 g/mol. The van der Waals surface area contributed by atoms with Crippen LogP contribution >= 0.6 is 27.5 Å². The van der Waals surface area contributed by atoms with E-state index >= 15 is 0 Å². The lowest BCUT2D eigenvalue weighted by atomic mass is 10.1. The Balaban J connectivity index is 1.95. The van der Waals surface area contributed by atoms with E-state index in [2.05, 4.69) is 20.9 Å². The molecular formula is C18H13BrClNO. The first-order valence-corrected chi connectivity index (χ1v) is 7.99. The number of para-hydroxylation sites is 1. The second kappa shape index (κ2) is 6.95. The van der Waals surface area contributed by atoms with Crippen LogP contribution in [-0.4, -0.2) is 4.98 Å². The summed E-state index contributed by atoms with van der Waals surface area (Å²) >= 11 is 9.82. The molecule has 3 rings (SSSR count). The Kier molecular flexibility index (Phi) is 4.76. The maximum atomic E-state index is 6.34. The van der Waals surface area contributed by atoms with Crippen molar-refractivity contribution in [1.82, 2.24) is 4.98 Å². The van der Waals surface area contributed by atoms with Crippen LogP contribution in [0.15, 0.2) is 71.5 Å². The van der Waals surface area contributed by atoms with Crippen molar-refractivity contribution in [3.8, 4) is 16.9 Å². The summed E-state index contributed by atoms with van der Waals surface area (Å²) in [4.78, 5) is 4.26. The molecule has 0 aliphatic carbocycles. The Bertz CT molecular complexity index is 777. The molecule has 0 atom stereocenters. The zero-order chi connectivity index (χ0) is 15.4. The zero-order valence-electron chi connectivity index (χ0n) is 11.7. The molecule has 2 nitrogen and oxygen atoms in total. The van der Waals surface area contributed by atoms with Crippen molar-refractivity contribution in [1.29, 1.82) is 0 Å². The SMILES string of the molecule is Clc1cccc(-c2cccnc2Br)c1OCc1ccccc1. The highest BCUT2D eigenvalue weighted by Gasteiger charge is 2.13. The molecule has 3 aromatic rings. The molecule has 0 unspecified atom stereocenters. The van der Waals surface area contributed by atoms with Gasteiger partial charge in [-0.25, -0.2) is 4.98 Å². The van der Waals surface area contributed by atoms with E-state index in [9.17, 15) is 0 Å². The summed E-state index contributed by atoms with van der Waals surface area (Å²) in [5.41, 5.74) is 2.97. The van der Waals surface area contributed by atoms with Crippen LogP contribution in [0.3, 0.4) is 0 Å². The van der Waals surface area contributed by atoms with Crippen LogP contribution in [0.5, 0.6) is 5.75 Å². The lowest BCUT2D eigenvalue weighted by molar-refractivity contribution is 0.307. The normalized spacial score (nSPS) is 10.5. The molecule has 0 aliphatic rings. The lowest BCUT2D eigenvalue weighted by Gasteiger charge is -2.14. The molecule has 0 amide bonds. The Morgan fingerprint density at radius 3 is 2.45 bits per heavy atom.